The summed E-state index contributed by atoms with van der Waals surface area (Å²) in [6, 6.07) is 1.20. The van der Waals surface area contributed by atoms with Crippen LogP contribution in [0.5, 0.6) is 0 Å². The topological polar surface area (TPSA) is 24.5 Å². The van der Waals surface area contributed by atoms with Crippen molar-refractivity contribution in [3.63, 3.8) is 0 Å². The van der Waals surface area contributed by atoms with Crippen LogP contribution in [0.25, 0.3) is 0 Å². The van der Waals surface area contributed by atoms with Crippen LogP contribution < -0.4 is 5.32 Å². The Morgan fingerprint density at radius 3 is 2.76 bits per heavy atom. The Morgan fingerprint density at radius 1 is 1.41 bits per heavy atom. The maximum atomic E-state index is 5.37. The standard InChI is InChI=1S/C13H28N2OS/c1-11(2)7-14-8-13(9-16-4)15-5-6-17-10-12(15)3/h11-14H,5-10H2,1-4H3. The van der Waals surface area contributed by atoms with Crippen molar-refractivity contribution in [2.45, 2.75) is 32.9 Å². The van der Waals surface area contributed by atoms with Crippen LogP contribution >= 0.6 is 11.8 Å². The van der Waals surface area contributed by atoms with Gasteiger partial charge in [-0.15, -0.1) is 0 Å². The molecule has 1 N–H and O–H groups in total. The first kappa shape index (κ1) is 15.3. The van der Waals surface area contributed by atoms with Gasteiger partial charge in [0.25, 0.3) is 0 Å². The summed E-state index contributed by atoms with van der Waals surface area (Å²) in [5.74, 6) is 3.23. The Hall–Kier alpha value is 0.230. The van der Waals surface area contributed by atoms with E-state index in [0.29, 0.717) is 18.0 Å². The highest BCUT2D eigenvalue weighted by Gasteiger charge is 2.25. The van der Waals surface area contributed by atoms with E-state index in [1.165, 1.54) is 18.1 Å². The Balaban J connectivity index is 2.39. The Bertz CT molecular complexity index is 202. The number of rotatable bonds is 7. The predicted octanol–water partition coefficient (Wildman–Crippen LogP) is 1.68. The number of methoxy groups -OCH3 is 1. The molecule has 102 valence electrons. The van der Waals surface area contributed by atoms with Crippen molar-refractivity contribution < 1.29 is 4.74 Å². The summed E-state index contributed by atoms with van der Waals surface area (Å²) in [6.07, 6.45) is 0. The first-order valence-electron chi connectivity index (χ1n) is 6.68. The van der Waals surface area contributed by atoms with Crippen LogP contribution in [-0.2, 0) is 4.74 Å². The van der Waals surface area contributed by atoms with E-state index in [1.54, 1.807) is 7.11 Å². The van der Waals surface area contributed by atoms with Gasteiger partial charge in [0.05, 0.1) is 6.61 Å². The van der Waals surface area contributed by atoms with Gasteiger partial charge in [-0.25, -0.2) is 0 Å². The summed E-state index contributed by atoms with van der Waals surface area (Å²) in [4.78, 5) is 2.60. The zero-order chi connectivity index (χ0) is 12.7. The van der Waals surface area contributed by atoms with Crippen LogP contribution in [0, 0.1) is 5.92 Å². The molecule has 17 heavy (non-hydrogen) atoms. The zero-order valence-corrected chi connectivity index (χ0v) is 12.6. The number of nitrogens with zero attached hydrogens (tertiary/aromatic N) is 1. The highest BCUT2D eigenvalue weighted by molar-refractivity contribution is 7.99. The van der Waals surface area contributed by atoms with Gasteiger partial charge < -0.3 is 10.1 Å². The first-order valence-corrected chi connectivity index (χ1v) is 7.83. The van der Waals surface area contributed by atoms with Crippen molar-refractivity contribution in [2.24, 2.45) is 5.92 Å². The van der Waals surface area contributed by atoms with Crippen LogP contribution in [-0.4, -0.2) is 61.8 Å². The molecule has 0 spiro atoms. The maximum Gasteiger partial charge on any atom is 0.0630 e. The Morgan fingerprint density at radius 2 is 2.18 bits per heavy atom. The van der Waals surface area contributed by atoms with Crippen molar-refractivity contribution in [3.05, 3.63) is 0 Å². The molecule has 0 bridgehead atoms. The van der Waals surface area contributed by atoms with E-state index in [9.17, 15) is 0 Å². The fraction of sp³-hybridized carbons (Fsp3) is 1.00. The molecule has 2 unspecified atom stereocenters. The van der Waals surface area contributed by atoms with Gasteiger partial charge in [-0.3, -0.25) is 4.90 Å². The average Bonchev–Trinajstić information content (AvgIpc) is 2.28. The second-order valence-corrected chi connectivity index (χ2v) is 6.47. The van der Waals surface area contributed by atoms with E-state index < -0.39 is 0 Å². The number of thioether (sulfide) groups is 1. The largest absolute Gasteiger partial charge is 0.383 e. The summed E-state index contributed by atoms with van der Waals surface area (Å²) in [6.45, 7) is 11.0. The van der Waals surface area contributed by atoms with Crippen molar-refractivity contribution in [1.29, 1.82) is 0 Å². The molecular weight excluding hydrogens is 232 g/mol. The lowest BCUT2D eigenvalue weighted by Crippen LogP contribution is -2.53. The van der Waals surface area contributed by atoms with E-state index in [0.717, 1.165) is 19.7 Å². The molecule has 2 atom stereocenters. The summed E-state index contributed by atoms with van der Waals surface area (Å²) in [5, 5.41) is 3.56. The second-order valence-electron chi connectivity index (χ2n) is 5.32. The summed E-state index contributed by atoms with van der Waals surface area (Å²) < 4.78 is 5.37. The van der Waals surface area contributed by atoms with Crippen molar-refractivity contribution >= 4 is 11.8 Å². The number of nitrogens with one attached hydrogen (secondary N) is 1. The first-order chi connectivity index (χ1) is 8.15. The van der Waals surface area contributed by atoms with Gasteiger partial charge in [0.1, 0.15) is 0 Å². The van der Waals surface area contributed by atoms with Gasteiger partial charge in [-0.2, -0.15) is 11.8 Å². The summed E-state index contributed by atoms with van der Waals surface area (Å²) in [5.41, 5.74) is 0. The predicted molar refractivity (Wildman–Crippen MR) is 76.9 cm³/mol. The van der Waals surface area contributed by atoms with E-state index in [-0.39, 0.29) is 0 Å². The monoisotopic (exact) mass is 260 g/mol. The second kappa shape index (κ2) is 8.35. The van der Waals surface area contributed by atoms with E-state index in [2.05, 4.69) is 42.7 Å². The molecule has 1 heterocycles. The molecule has 0 radical (unpaired) electrons. The molecule has 0 amide bonds. The Kier molecular flexibility index (Phi) is 7.51. The molecule has 1 aliphatic rings. The maximum absolute atomic E-state index is 5.37. The van der Waals surface area contributed by atoms with Crippen LogP contribution in [0.4, 0.5) is 0 Å². The molecule has 1 fully saturated rings. The number of hydrogen-bond donors (Lipinski definition) is 1. The molecule has 4 heteroatoms. The molecular formula is C13H28N2OS. The highest BCUT2D eigenvalue weighted by atomic mass is 32.2. The van der Waals surface area contributed by atoms with Crippen molar-refractivity contribution in [1.82, 2.24) is 10.2 Å². The molecule has 1 rings (SSSR count). The third-order valence-corrected chi connectivity index (χ3v) is 4.37. The molecule has 0 saturated carbocycles. The van der Waals surface area contributed by atoms with E-state index >= 15 is 0 Å². The summed E-state index contributed by atoms with van der Waals surface area (Å²) >= 11 is 2.07. The minimum Gasteiger partial charge on any atom is -0.383 e. The molecule has 0 aromatic carbocycles. The lowest BCUT2D eigenvalue weighted by Gasteiger charge is -2.39. The average molecular weight is 260 g/mol. The summed E-state index contributed by atoms with van der Waals surface area (Å²) in [7, 11) is 1.80. The zero-order valence-electron chi connectivity index (χ0n) is 11.7. The molecule has 3 nitrogen and oxygen atoms in total. The third kappa shape index (κ3) is 5.60. The van der Waals surface area contributed by atoms with Gasteiger partial charge >= 0.3 is 0 Å². The highest BCUT2D eigenvalue weighted by Crippen LogP contribution is 2.18. The van der Waals surface area contributed by atoms with Gasteiger partial charge in [0.2, 0.25) is 0 Å². The Labute approximate surface area is 111 Å². The van der Waals surface area contributed by atoms with E-state index in [4.69, 9.17) is 4.74 Å². The third-order valence-electron chi connectivity index (χ3n) is 3.18. The number of hydrogen-bond acceptors (Lipinski definition) is 4. The van der Waals surface area contributed by atoms with Crippen LogP contribution in [0.1, 0.15) is 20.8 Å². The minimum atomic E-state index is 0.523. The van der Waals surface area contributed by atoms with Gasteiger partial charge in [0.15, 0.2) is 0 Å². The fourth-order valence-corrected chi connectivity index (χ4v) is 3.32. The molecule has 0 aliphatic carbocycles. The minimum absolute atomic E-state index is 0.523. The van der Waals surface area contributed by atoms with Crippen molar-refractivity contribution in [2.75, 3.05) is 44.9 Å². The van der Waals surface area contributed by atoms with Crippen LogP contribution in [0.3, 0.4) is 0 Å². The van der Waals surface area contributed by atoms with Crippen LogP contribution in [0.2, 0.25) is 0 Å². The number of ether oxygens (including phenoxy) is 1. The van der Waals surface area contributed by atoms with Crippen LogP contribution in [0.15, 0.2) is 0 Å². The molecule has 0 aromatic rings. The van der Waals surface area contributed by atoms with E-state index in [1.807, 2.05) is 0 Å². The molecule has 1 aliphatic heterocycles. The normalized spacial score (nSPS) is 24.2. The van der Waals surface area contributed by atoms with Gasteiger partial charge in [-0.05, 0) is 19.4 Å². The molecule has 0 aromatic heterocycles. The van der Waals surface area contributed by atoms with Gasteiger partial charge in [-0.1, -0.05) is 13.8 Å². The van der Waals surface area contributed by atoms with Crippen molar-refractivity contribution in [3.8, 4) is 0 Å². The van der Waals surface area contributed by atoms with Gasteiger partial charge in [0, 0.05) is 43.8 Å². The smallest absolute Gasteiger partial charge is 0.0630 e. The SMILES string of the molecule is COCC(CNCC(C)C)N1CCSCC1C. The fourth-order valence-electron chi connectivity index (χ4n) is 2.29. The quantitative estimate of drug-likeness (QED) is 0.753. The lowest BCUT2D eigenvalue weighted by atomic mass is 10.1. The molecule has 1 saturated heterocycles. The lowest BCUT2D eigenvalue weighted by molar-refractivity contribution is 0.0728.